The maximum absolute atomic E-state index is 9.48. The molecular weight excluding hydrogens is 332 g/mol. The van der Waals surface area contributed by atoms with E-state index in [-0.39, 0.29) is 5.28 Å². The first-order chi connectivity index (χ1) is 11.2. The standard InChI is InChI=1S/C16H11ClN4OS/c1-22-11-4-2-3-10(7-11)14-9-23-15(20-14)12(8-18)13-5-6-19-16(17)21-13/h2-7,9,12H,1H3. The van der Waals surface area contributed by atoms with Crippen molar-refractivity contribution in [3.8, 4) is 23.1 Å². The number of nitriles is 1. The van der Waals surface area contributed by atoms with Gasteiger partial charge in [-0.2, -0.15) is 5.26 Å². The average molecular weight is 343 g/mol. The minimum atomic E-state index is -0.570. The van der Waals surface area contributed by atoms with Gasteiger partial charge < -0.3 is 4.74 Å². The number of hydrogen-bond acceptors (Lipinski definition) is 6. The van der Waals surface area contributed by atoms with Gasteiger partial charge >= 0.3 is 0 Å². The maximum atomic E-state index is 9.48. The summed E-state index contributed by atoms with van der Waals surface area (Å²) in [6.45, 7) is 0. The first-order valence-electron chi connectivity index (χ1n) is 6.69. The third kappa shape index (κ3) is 3.31. The van der Waals surface area contributed by atoms with Gasteiger partial charge in [-0.05, 0) is 29.8 Å². The van der Waals surface area contributed by atoms with Gasteiger partial charge in [-0.1, -0.05) is 12.1 Å². The molecule has 1 unspecified atom stereocenters. The van der Waals surface area contributed by atoms with Crippen molar-refractivity contribution in [1.29, 1.82) is 5.26 Å². The van der Waals surface area contributed by atoms with E-state index in [0.29, 0.717) is 10.7 Å². The van der Waals surface area contributed by atoms with Crippen molar-refractivity contribution in [2.45, 2.75) is 5.92 Å². The molecule has 0 radical (unpaired) electrons. The highest BCUT2D eigenvalue weighted by Crippen LogP contribution is 2.31. The van der Waals surface area contributed by atoms with E-state index in [4.69, 9.17) is 16.3 Å². The first kappa shape index (κ1) is 15.4. The topological polar surface area (TPSA) is 71.7 Å². The molecule has 3 rings (SSSR count). The molecule has 1 aromatic carbocycles. The van der Waals surface area contributed by atoms with Crippen molar-refractivity contribution in [3.05, 3.63) is 57.9 Å². The van der Waals surface area contributed by atoms with Crippen molar-refractivity contribution in [1.82, 2.24) is 15.0 Å². The number of aromatic nitrogens is 3. The van der Waals surface area contributed by atoms with Crippen LogP contribution in [-0.4, -0.2) is 22.1 Å². The Morgan fingerprint density at radius 2 is 2.17 bits per heavy atom. The maximum Gasteiger partial charge on any atom is 0.222 e. The number of hydrogen-bond donors (Lipinski definition) is 0. The molecule has 0 N–H and O–H groups in total. The highest BCUT2D eigenvalue weighted by Gasteiger charge is 2.20. The van der Waals surface area contributed by atoms with E-state index in [1.807, 2.05) is 29.6 Å². The third-order valence-corrected chi connectivity index (χ3v) is 4.30. The molecule has 0 amide bonds. The lowest BCUT2D eigenvalue weighted by atomic mass is 10.1. The number of ether oxygens (including phenoxy) is 1. The SMILES string of the molecule is COc1cccc(-c2csc(C(C#N)c3ccnc(Cl)n3)n2)c1. The van der Waals surface area contributed by atoms with E-state index in [1.54, 1.807) is 13.2 Å². The summed E-state index contributed by atoms with van der Waals surface area (Å²) < 4.78 is 5.23. The molecule has 1 atom stereocenters. The normalized spacial score (nSPS) is 11.7. The van der Waals surface area contributed by atoms with Crippen molar-refractivity contribution in [2.24, 2.45) is 0 Å². The molecule has 2 heterocycles. The molecule has 0 saturated carbocycles. The Kier molecular flexibility index (Phi) is 4.51. The van der Waals surface area contributed by atoms with Crippen LogP contribution >= 0.6 is 22.9 Å². The highest BCUT2D eigenvalue weighted by atomic mass is 35.5. The van der Waals surface area contributed by atoms with E-state index in [0.717, 1.165) is 17.0 Å². The Morgan fingerprint density at radius 3 is 2.91 bits per heavy atom. The molecule has 3 aromatic rings. The van der Waals surface area contributed by atoms with Crippen LogP contribution in [0.1, 0.15) is 16.6 Å². The Hall–Kier alpha value is -2.49. The van der Waals surface area contributed by atoms with Crippen LogP contribution in [0.25, 0.3) is 11.3 Å². The number of benzene rings is 1. The zero-order valence-electron chi connectivity index (χ0n) is 12.1. The molecule has 0 saturated heterocycles. The number of halogens is 1. The van der Waals surface area contributed by atoms with Crippen LogP contribution in [0.2, 0.25) is 5.28 Å². The van der Waals surface area contributed by atoms with Crippen LogP contribution < -0.4 is 4.74 Å². The quantitative estimate of drug-likeness (QED) is 0.672. The minimum absolute atomic E-state index is 0.118. The summed E-state index contributed by atoms with van der Waals surface area (Å²) in [4.78, 5) is 12.5. The van der Waals surface area contributed by atoms with Crippen molar-refractivity contribution >= 4 is 22.9 Å². The molecule has 0 bridgehead atoms. The van der Waals surface area contributed by atoms with Crippen LogP contribution in [0, 0.1) is 11.3 Å². The number of thiazole rings is 1. The summed E-state index contributed by atoms with van der Waals surface area (Å²) in [5, 5.41) is 12.2. The smallest absolute Gasteiger partial charge is 0.222 e. The van der Waals surface area contributed by atoms with E-state index in [1.165, 1.54) is 17.5 Å². The second kappa shape index (κ2) is 6.73. The predicted octanol–water partition coefficient (Wildman–Crippen LogP) is 3.92. The summed E-state index contributed by atoms with van der Waals surface area (Å²) in [6.07, 6.45) is 1.53. The van der Waals surface area contributed by atoms with Gasteiger partial charge in [0.1, 0.15) is 16.7 Å². The largest absolute Gasteiger partial charge is 0.497 e. The van der Waals surface area contributed by atoms with Gasteiger partial charge in [-0.15, -0.1) is 11.3 Å². The molecule has 23 heavy (non-hydrogen) atoms. The number of nitrogens with zero attached hydrogens (tertiary/aromatic N) is 4. The summed E-state index contributed by atoms with van der Waals surface area (Å²) in [5.41, 5.74) is 2.27. The van der Waals surface area contributed by atoms with E-state index < -0.39 is 5.92 Å². The minimum Gasteiger partial charge on any atom is -0.497 e. The van der Waals surface area contributed by atoms with Gasteiger partial charge in [0.05, 0.1) is 24.6 Å². The number of methoxy groups -OCH3 is 1. The third-order valence-electron chi connectivity index (χ3n) is 3.21. The lowest BCUT2D eigenvalue weighted by Gasteiger charge is -2.05. The van der Waals surface area contributed by atoms with Crippen LogP contribution in [0.5, 0.6) is 5.75 Å². The van der Waals surface area contributed by atoms with Gasteiger partial charge in [0.2, 0.25) is 5.28 Å². The summed E-state index contributed by atoms with van der Waals surface area (Å²) >= 11 is 7.22. The first-order valence-corrected chi connectivity index (χ1v) is 7.95. The van der Waals surface area contributed by atoms with Gasteiger partial charge in [0.25, 0.3) is 0 Å². The molecule has 5 nitrogen and oxygen atoms in total. The molecule has 0 spiro atoms. The Labute approximate surface area is 142 Å². The van der Waals surface area contributed by atoms with Gasteiger partial charge in [0, 0.05) is 17.1 Å². The van der Waals surface area contributed by atoms with E-state index in [9.17, 15) is 5.26 Å². The second-order valence-corrected chi connectivity index (χ2v) is 5.84. The van der Waals surface area contributed by atoms with Gasteiger partial charge in [-0.3, -0.25) is 0 Å². The molecule has 114 valence electrons. The van der Waals surface area contributed by atoms with Crippen molar-refractivity contribution in [2.75, 3.05) is 7.11 Å². The molecular formula is C16H11ClN4OS. The Bertz CT molecular complexity index is 874. The molecule has 0 aliphatic heterocycles. The lowest BCUT2D eigenvalue weighted by molar-refractivity contribution is 0.415. The second-order valence-electron chi connectivity index (χ2n) is 4.62. The van der Waals surface area contributed by atoms with Crippen LogP contribution in [-0.2, 0) is 0 Å². The molecule has 0 aliphatic rings. The summed E-state index contributed by atoms with van der Waals surface area (Å²) in [6, 6.07) is 11.5. The monoisotopic (exact) mass is 342 g/mol. The van der Waals surface area contributed by atoms with Gasteiger partial charge in [0.15, 0.2) is 0 Å². The fourth-order valence-corrected chi connectivity index (χ4v) is 3.13. The molecule has 0 aliphatic carbocycles. The van der Waals surface area contributed by atoms with Gasteiger partial charge in [-0.25, -0.2) is 15.0 Å². The zero-order chi connectivity index (χ0) is 16.2. The number of rotatable bonds is 4. The van der Waals surface area contributed by atoms with Crippen molar-refractivity contribution in [3.63, 3.8) is 0 Å². The fraction of sp³-hybridized carbons (Fsp3) is 0.125. The molecule has 7 heteroatoms. The van der Waals surface area contributed by atoms with Crippen molar-refractivity contribution < 1.29 is 4.74 Å². The highest BCUT2D eigenvalue weighted by molar-refractivity contribution is 7.10. The molecule has 2 aromatic heterocycles. The van der Waals surface area contributed by atoms with E-state index >= 15 is 0 Å². The average Bonchev–Trinajstić information content (AvgIpc) is 3.05. The Morgan fingerprint density at radius 1 is 1.30 bits per heavy atom. The summed E-state index contributed by atoms with van der Waals surface area (Å²) in [7, 11) is 1.62. The van der Waals surface area contributed by atoms with Crippen LogP contribution in [0.4, 0.5) is 0 Å². The predicted molar refractivity (Wildman–Crippen MR) is 88.6 cm³/mol. The van der Waals surface area contributed by atoms with Crippen LogP contribution in [0.3, 0.4) is 0 Å². The van der Waals surface area contributed by atoms with E-state index in [2.05, 4.69) is 21.0 Å². The molecule has 0 fully saturated rings. The zero-order valence-corrected chi connectivity index (χ0v) is 13.7. The van der Waals surface area contributed by atoms with Crippen LogP contribution in [0.15, 0.2) is 41.9 Å². The lowest BCUT2D eigenvalue weighted by Crippen LogP contribution is -2.01. The fourth-order valence-electron chi connectivity index (χ4n) is 2.09. The Balaban J connectivity index is 1.95. The summed E-state index contributed by atoms with van der Waals surface area (Å²) in [5.74, 6) is 0.191.